The van der Waals surface area contributed by atoms with Crippen LogP contribution in [0.3, 0.4) is 0 Å². The summed E-state index contributed by atoms with van der Waals surface area (Å²) in [6.45, 7) is 4.14. The third-order valence-corrected chi connectivity index (χ3v) is 3.52. The van der Waals surface area contributed by atoms with Gasteiger partial charge in [0.2, 0.25) is 0 Å². The molecular weight excluding hydrogens is 266 g/mol. The lowest BCUT2D eigenvalue weighted by Gasteiger charge is -2.23. The van der Waals surface area contributed by atoms with Gasteiger partial charge in [-0.2, -0.15) is 0 Å². The van der Waals surface area contributed by atoms with Crippen LogP contribution in [0, 0.1) is 6.92 Å². The van der Waals surface area contributed by atoms with Crippen molar-refractivity contribution in [2.24, 2.45) is 0 Å². The average Bonchev–Trinajstić information content (AvgIpc) is 2.55. The van der Waals surface area contributed by atoms with Crippen molar-refractivity contribution in [1.82, 2.24) is 15.3 Å². The van der Waals surface area contributed by atoms with Gasteiger partial charge in [-0.3, -0.25) is 0 Å². The highest BCUT2D eigenvalue weighted by atomic mass is 16.5. The predicted octanol–water partition coefficient (Wildman–Crippen LogP) is 2.12. The monoisotopic (exact) mass is 285 g/mol. The van der Waals surface area contributed by atoms with E-state index in [0.717, 1.165) is 41.7 Å². The van der Waals surface area contributed by atoms with E-state index in [2.05, 4.69) is 15.3 Å². The molecule has 2 aromatic rings. The maximum absolute atomic E-state index is 5.52. The minimum Gasteiger partial charge on any atom is -0.496 e. The lowest BCUT2D eigenvalue weighted by atomic mass is 10.1. The van der Waals surface area contributed by atoms with Crippen molar-refractivity contribution < 1.29 is 9.47 Å². The fraction of sp³-hybridized carbons (Fsp3) is 0.375. The zero-order chi connectivity index (χ0) is 14.7. The van der Waals surface area contributed by atoms with Crippen molar-refractivity contribution in [2.45, 2.75) is 13.0 Å². The van der Waals surface area contributed by atoms with Crippen molar-refractivity contribution in [1.29, 1.82) is 0 Å². The summed E-state index contributed by atoms with van der Waals surface area (Å²) in [6.07, 6.45) is 0. The molecule has 1 saturated heterocycles. The summed E-state index contributed by atoms with van der Waals surface area (Å²) in [5.74, 6) is 1.56. The van der Waals surface area contributed by atoms with Gasteiger partial charge in [-0.05, 0) is 25.1 Å². The normalized spacial score (nSPS) is 18.5. The summed E-state index contributed by atoms with van der Waals surface area (Å²) in [5.41, 5.74) is 2.81. The fourth-order valence-corrected chi connectivity index (χ4v) is 2.52. The number of benzene rings is 1. The molecule has 1 aromatic heterocycles. The Morgan fingerprint density at radius 2 is 2.14 bits per heavy atom. The highest BCUT2D eigenvalue weighted by Gasteiger charge is 2.19. The molecule has 0 spiro atoms. The first-order valence-corrected chi connectivity index (χ1v) is 7.08. The standard InChI is InChI=1S/C16H19N3O2/c1-11-18-13(12-5-3-4-6-16(12)20-2)9-14(19-11)15-10-21-8-7-17-15/h3-6,9,15,17H,7-8,10H2,1-2H3/t15-/m1/s1. The molecule has 0 bridgehead atoms. The second kappa shape index (κ2) is 6.20. The number of hydrogen-bond donors (Lipinski definition) is 1. The highest BCUT2D eigenvalue weighted by Crippen LogP contribution is 2.29. The molecule has 5 nitrogen and oxygen atoms in total. The average molecular weight is 285 g/mol. The van der Waals surface area contributed by atoms with Crippen LogP contribution in [0.4, 0.5) is 0 Å². The van der Waals surface area contributed by atoms with Crippen LogP contribution >= 0.6 is 0 Å². The van der Waals surface area contributed by atoms with Crippen LogP contribution in [-0.2, 0) is 4.74 Å². The second-order valence-electron chi connectivity index (χ2n) is 5.01. The van der Waals surface area contributed by atoms with Crippen LogP contribution in [-0.4, -0.2) is 36.8 Å². The summed E-state index contributed by atoms with van der Waals surface area (Å²) in [6, 6.07) is 10.0. The third kappa shape index (κ3) is 3.04. The number of ether oxygens (including phenoxy) is 2. The smallest absolute Gasteiger partial charge is 0.128 e. The van der Waals surface area contributed by atoms with Crippen LogP contribution in [0.5, 0.6) is 5.75 Å². The zero-order valence-corrected chi connectivity index (χ0v) is 12.3. The van der Waals surface area contributed by atoms with Gasteiger partial charge in [0.1, 0.15) is 11.6 Å². The van der Waals surface area contributed by atoms with E-state index < -0.39 is 0 Å². The van der Waals surface area contributed by atoms with Crippen LogP contribution in [0.25, 0.3) is 11.3 Å². The number of methoxy groups -OCH3 is 1. The van der Waals surface area contributed by atoms with Crippen molar-refractivity contribution in [3.63, 3.8) is 0 Å². The summed E-state index contributed by atoms with van der Waals surface area (Å²) >= 11 is 0. The lowest BCUT2D eigenvalue weighted by molar-refractivity contribution is 0.0755. The highest BCUT2D eigenvalue weighted by molar-refractivity contribution is 5.67. The number of nitrogens with one attached hydrogen (secondary N) is 1. The zero-order valence-electron chi connectivity index (χ0n) is 12.3. The molecule has 1 aromatic carbocycles. The Morgan fingerprint density at radius 1 is 1.29 bits per heavy atom. The minimum atomic E-state index is 0.119. The van der Waals surface area contributed by atoms with Gasteiger partial charge in [0.15, 0.2) is 0 Å². The van der Waals surface area contributed by atoms with E-state index in [1.54, 1.807) is 7.11 Å². The Balaban J connectivity index is 2.01. The van der Waals surface area contributed by atoms with Gasteiger partial charge in [0.05, 0.1) is 37.8 Å². The molecule has 1 N–H and O–H groups in total. The molecule has 110 valence electrons. The topological polar surface area (TPSA) is 56.3 Å². The molecule has 1 atom stereocenters. The molecule has 0 radical (unpaired) electrons. The van der Waals surface area contributed by atoms with Gasteiger partial charge < -0.3 is 14.8 Å². The van der Waals surface area contributed by atoms with Crippen LogP contribution in [0.2, 0.25) is 0 Å². The maximum atomic E-state index is 5.52. The molecule has 5 heteroatoms. The first-order chi connectivity index (χ1) is 10.3. The molecular formula is C16H19N3O2. The van der Waals surface area contributed by atoms with Crippen LogP contribution < -0.4 is 10.1 Å². The molecule has 21 heavy (non-hydrogen) atoms. The number of para-hydroxylation sites is 1. The van der Waals surface area contributed by atoms with Gasteiger partial charge in [-0.25, -0.2) is 9.97 Å². The van der Waals surface area contributed by atoms with E-state index in [0.29, 0.717) is 6.61 Å². The molecule has 1 fully saturated rings. The van der Waals surface area contributed by atoms with E-state index in [1.165, 1.54) is 0 Å². The van der Waals surface area contributed by atoms with Crippen LogP contribution in [0.1, 0.15) is 17.6 Å². The van der Waals surface area contributed by atoms with Gasteiger partial charge in [0.25, 0.3) is 0 Å². The van der Waals surface area contributed by atoms with Crippen LogP contribution in [0.15, 0.2) is 30.3 Å². The Kier molecular flexibility index (Phi) is 4.13. The van der Waals surface area contributed by atoms with Gasteiger partial charge >= 0.3 is 0 Å². The van der Waals surface area contributed by atoms with Crippen molar-refractivity contribution in [3.8, 4) is 17.0 Å². The Morgan fingerprint density at radius 3 is 2.90 bits per heavy atom. The number of rotatable bonds is 3. The quantitative estimate of drug-likeness (QED) is 0.936. The summed E-state index contributed by atoms with van der Waals surface area (Å²) in [4.78, 5) is 9.09. The number of hydrogen-bond acceptors (Lipinski definition) is 5. The number of aromatic nitrogens is 2. The molecule has 0 saturated carbocycles. The molecule has 1 aliphatic rings. The van der Waals surface area contributed by atoms with E-state index >= 15 is 0 Å². The van der Waals surface area contributed by atoms with E-state index in [4.69, 9.17) is 9.47 Å². The van der Waals surface area contributed by atoms with Crippen molar-refractivity contribution >= 4 is 0 Å². The molecule has 0 aliphatic carbocycles. The van der Waals surface area contributed by atoms with Gasteiger partial charge in [-0.1, -0.05) is 12.1 Å². The van der Waals surface area contributed by atoms with Crippen molar-refractivity contribution in [3.05, 3.63) is 41.9 Å². The summed E-state index contributed by atoms with van der Waals surface area (Å²) < 4.78 is 10.9. The Bertz CT molecular complexity index is 625. The predicted molar refractivity (Wildman–Crippen MR) is 80.3 cm³/mol. The first-order valence-electron chi connectivity index (χ1n) is 7.08. The fourth-order valence-electron chi connectivity index (χ4n) is 2.52. The Hall–Kier alpha value is -1.98. The van der Waals surface area contributed by atoms with E-state index in [1.807, 2.05) is 37.3 Å². The number of aryl methyl sites for hydroxylation is 1. The Labute approximate surface area is 124 Å². The number of morpholine rings is 1. The molecule has 2 heterocycles. The summed E-state index contributed by atoms with van der Waals surface area (Å²) in [7, 11) is 1.67. The largest absolute Gasteiger partial charge is 0.496 e. The van der Waals surface area contributed by atoms with Gasteiger partial charge in [-0.15, -0.1) is 0 Å². The molecule has 1 aliphatic heterocycles. The van der Waals surface area contributed by atoms with E-state index in [9.17, 15) is 0 Å². The molecule has 3 rings (SSSR count). The summed E-state index contributed by atoms with van der Waals surface area (Å²) in [5, 5.41) is 3.42. The van der Waals surface area contributed by atoms with E-state index in [-0.39, 0.29) is 6.04 Å². The number of nitrogens with zero attached hydrogens (tertiary/aromatic N) is 2. The maximum Gasteiger partial charge on any atom is 0.128 e. The minimum absolute atomic E-state index is 0.119. The SMILES string of the molecule is COc1ccccc1-c1cc([C@H]2COCCN2)nc(C)n1. The second-order valence-corrected chi connectivity index (χ2v) is 5.01. The van der Waals surface area contributed by atoms with Gasteiger partial charge in [0, 0.05) is 12.1 Å². The lowest BCUT2D eigenvalue weighted by Crippen LogP contribution is -2.35. The van der Waals surface area contributed by atoms with Crippen molar-refractivity contribution in [2.75, 3.05) is 26.9 Å². The molecule has 0 unspecified atom stereocenters. The molecule has 0 amide bonds. The third-order valence-electron chi connectivity index (χ3n) is 3.52. The first kappa shape index (κ1) is 14.0.